The van der Waals surface area contributed by atoms with E-state index in [1.165, 1.54) is 11.9 Å². The van der Waals surface area contributed by atoms with E-state index in [-0.39, 0.29) is 24.3 Å². The molecule has 0 fully saturated rings. The third-order valence-electron chi connectivity index (χ3n) is 2.77. The van der Waals surface area contributed by atoms with E-state index in [1.54, 1.807) is 0 Å². The summed E-state index contributed by atoms with van der Waals surface area (Å²) < 4.78 is 74.0. The zero-order chi connectivity index (χ0) is 15.6. The van der Waals surface area contributed by atoms with Gasteiger partial charge in [-0.2, -0.15) is 26.3 Å². The lowest BCUT2D eigenvalue weighted by atomic mass is 10.1. The fraction of sp³-hybridized carbons (Fsp3) is 0.500. The van der Waals surface area contributed by atoms with Gasteiger partial charge in [-0.3, -0.25) is 0 Å². The molecule has 0 saturated carbocycles. The van der Waals surface area contributed by atoms with Crippen molar-refractivity contribution in [2.45, 2.75) is 25.3 Å². The van der Waals surface area contributed by atoms with Gasteiger partial charge in [-0.05, 0) is 23.8 Å². The summed E-state index contributed by atoms with van der Waals surface area (Å²) in [5.74, 6) is 0. The summed E-state index contributed by atoms with van der Waals surface area (Å²) in [7, 11) is 1.38. The molecule has 20 heavy (non-hydrogen) atoms. The highest BCUT2D eigenvalue weighted by atomic mass is 19.4. The summed E-state index contributed by atoms with van der Waals surface area (Å²) in [6.07, 6.45) is -9.87. The van der Waals surface area contributed by atoms with Gasteiger partial charge in [0.25, 0.3) is 0 Å². The van der Waals surface area contributed by atoms with Crippen LogP contribution in [-0.2, 0) is 12.7 Å². The average Bonchev–Trinajstić information content (AvgIpc) is 2.33. The van der Waals surface area contributed by atoms with Crippen LogP contribution in [0.2, 0.25) is 0 Å². The minimum atomic E-state index is -4.51. The van der Waals surface area contributed by atoms with Gasteiger partial charge in [0.15, 0.2) is 0 Å². The number of nitrogens with zero attached hydrogens (tertiary/aromatic N) is 1. The Morgan fingerprint density at radius 2 is 1.70 bits per heavy atom. The molecule has 8 heteroatoms. The van der Waals surface area contributed by atoms with E-state index >= 15 is 0 Å². The Hall–Kier alpha value is -1.44. The van der Waals surface area contributed by atoms with Crippen molar-refractivity contribution in [1.29, 1.82) is 0 Å². The van der Waals surface area contributed by atoms with E-state index in [0.29, 0.717) is 0 Å². The molecule has 0 aliphatic heterocycles. The highest BCUT2D eigenvalue weighted by Gasteiger charge is 2.31. The molecular weight excluding hydrogens is 286 g/mol. The van der Waals surface area contributed by atoms with Crippen LogP contribution < -0.4 is 10.6 Å². The molecule has 0 heterocycles. The first-order chi connectivity index (χ1) is 9.04. The van der Waals surface area contributed by atoms with Crippen molar-refractivity contribution in [1.82, 2.24) is 0 Å². The minimum absolute atomic E-state index is 0.157. The first kappa shape index (κ1) is 16.6. The molecule has 114 valence electrons. The summed E-state index contributed by atoms with van der Waals surface area (Å²) in [4.78, 5) is 1.25. The number of anilines is 1. The Labute approximate surface area is 112 Å². The third kappa shape index (κ3) is 4.59. The molecule has 0 saturated heterocycles. The van der Waals surface area contributed by atoms with Crippen LogP contribution >= 0.6 is 0 Å². The Morgan fingerprint density at radius 1 is 1.10 bits per heavy atom. The van der Waals surface area contributed by atoms with Crippen LogP contribution in [-0.4, -0.2) is 19.8 Å². The Bertz CT molecular complexity index is 452. The monoisotopic (exact) mass is 300 g/mol. The normalized spacial score (nSPS) is 12.6. The molecule has 0 bridgehead atoms. The SMILES string of the molecule is CN(CCC(F)(F)F)c1ccc(C(F)(F)F)cc1CN. The van der Waals surface area contributed by atoms with Crippen LogP contribution in [0, 0.1) is 0 Å². The van der Waals surface area contributed by atoms with Crippen molar-refractivity contribution < 1.29 is 26.3 Å². The molecule has 1 aromatic rings. The van der Waals surface area contributed by atoms with Gasteiger partial charge in [-0.15, -0.1) is 0 Å². The molecule has 0 aliphatic carbocycles. The maximum atomic E-state index is 12.5. The molecule has 0 unspecified atom stereocenters. The lowest BCUT2D eigenvalue weighted by molar-refractivity contribution is -0.137. The number of alkyl halides is 6. The van der Waals surface area contributed by atoms with Crippen molar-refractivity contribution in [2.24, 2.45) is 5.73 Å². The second-order valence-corrected chi connectivity index (χ2v) is 4.33. The van der Waals surface area contributed by atoms with Crippen molar-refractivity contribution in [3.8, 4) is 0 Å². The number of hydrogen-bond donors (Lipinski definition) is 1. The second-order valence-electron chi connectivity index (χ2n) is 4.33. The number of halogens is 6. The lowest BCUT2D eigenvalue weighted by Crippen LogP contribution is -2.25. The second kappa shape index (κ2) is 5.90. The predicted molar refractivity (Wildman–Crippen MR) is 63.3 cm³/mol. The maximum absolute atomic E-state index is 12.5. The van der Waals surface area contributed by atoms with Gasteiger partial charge < -0.3 is 10.6 Å². The molecule has 0 spiro atoms. The van der Waals surface area contributed by atoms with E-state index in [9.17, 15) is 26.3 Å². The molecule has 1 aromatic carbocycles. The van der Waals surface area contributed by atoms with Crippen LogP contribution in [0.1, 0.15) is 17.5 Å². The number of hydrogen-bond acceptors (Lipinski definition) is 2. The van der Waals surface area contributed by atoms with Crippen LogP contribution in [0.3, 0.4) is 0 Å². The maximum Gasteiger partial charge on any atom is 0.416 e. The summed E-state index contributed by atoms with van der Waals surface area (Å²) in [5, 5.41) is 0. The summed E-state index contributed by atoms with van der Waals surface area (Å²) >= 11 is 0. The van der Waals surface area contributed by atoms with E-state index < -0.39 is 24.3 Å². The first-order valence-corrected chi connectivity index (χ1v) is 5.72. The van der Waals surface area contributed by atoms with Gasteiger partial charge in [-0.1, -0.05) is 0 Å². The molecule has 0 atom stereocenters. The molecule has 0 aromatic heterocycles. The molecule has 2 N–H and O–H groups in total. The molecule has 0 radical (unpaired) electrons. The smallest absolute Gasteiger partial charge is 0.374 e. The first-order valence-electron chi connectivity index (χ1n) is 5.72. The van der Waals surface area contributed by atoms with Gasteiger partial charge in [0.1, 0.15) is 0 Å². The van der Waals surface area contributed by atoms with Crippen molar-refractivity contribution >= 4 is 5.69 Å². The molecular formula is C12H14F6N2. The summed E-state index contributed by atoms with van der Waals surface area (Å²) in [6, 6.07) is 2.83. The predicted octanol–water partition coefficient (Wildman–Crippen LogP) is 3.55. The molecule has 0 aliphatic rings. The number of nitrogens with two attached hydrogens (primary N) is 1. The molecule has 1 rings (SSSR count). The highest BCUT2D eigenvalue weighted by molar-refractivity contribution is 5.55. The standard InChI is InChI=1S/C12H14F6N2/c1-20(5-4-11(13,14)15)10-3-2-9(12(16,17)18)6-8(10)7-19/h2-3,6H,4-5,7,19H2,1H3. The largest absolute Gasteiger partial charge is 0.416 e. The summed E-state index contributed by atoms with van der Waals surface area (Å²) in [6.45, 7) is -0.530. The van der Waals surface area contributed by atoms with Crippen LogP contribution in [0.15, 0.2) is 18.2 Å². The fourth-order valence-electron chi connectivity index (χ4n) is 1.71. The van der Waals surface area contributed by atoms with E-state index in [0.717, 1.165) is 18.2 Å². The fourth-order valence-corrected chi connectivity index (χ4v) is 1.71. The van der Waals surface area contributed by atoms with Crippen LogP contribution in [0.5, 0.6) is 0 Å². The van der Waals surface area contributed by atoms with Crippen molar-refractivity contribution in [3.63, 3.8) is 0 Å². The minimum Gasteiger partial charge on any atom is -0.374 e. The number of rotatable bonds is 4. The van der Waals surface area contributed by atoms with E-state index in [4.69, 9.17) is 5.73 Å². The third-order valence-corrected chi connectivity index (χ3v) is 2.77. The average molecular weight is 300 g/mol. The van der Waals surface area contributed by atoms with Gasteiger partial charge in [0.2, 0.25) is 0 Å². The van der Waals surface area contributed by atoms with E-state index in [2.05, 4.69) is 0 Å². The Kier molecular flexibility index (Phi) is 4.90. The quantitative estimate of drug-likeness (QED) is 0.862. The van der Waals surface area contributed by atoms with Gasteiger partial charge in [0, 0.05) is 25.8 Å². The number of benzene rings is 1. The highest BCUT2D eigenvalue weighted by Crippen LogP contribution is 2.33. The lowest BCUT2D eigenvalue weighted by Gasteiger charge is -2.23. The molecule has 2 nitrogen and oxygen atoms in total. The van der Waals surface area contributed by atoms with Gasteiger partial charge >= 0.3 is 12.4 Å². The zero-order valence-electron chi connectivity index (χ0n) is 10.6. The molecule has 0 amide bonds. The Balaban J connectivity index is 2.95. The van der Waals surface area contributed by atoms with Gasteiger partial charge in [0.05, 0.1) is 12.0 Å². The zero-order valence-corrected chi connectivity index (χ0v) is 10.6. The van der Waals surface area contributed by atoms with Crippen molar-refractivity contribution in [3.05, 3.63) is 29.3 Å². The van der Waals surface area contributed by atoms with E-state index in [1.807, 2.05) is 0 Å². The van der Waals surface area contributed by atoms with Crippen molar-refractivity contribution in [2.75, 3.05) is 18.5 Å². The summed E-state index contributed by atoms with van der Waals surface area (Å²) in [5.41, 5.74) is 4.92. The topological polar surface area (TPSA) is 29.3 Å². The Morgan fingerprint density at radius 3 is 2.15 bits per heavy atom. The van der Waals surface area contributed by atoms with Gasteiger partial charge in [-0.25, -0.2) is 0 Å². The van der Waals surface area contributed by atoms with Crippen LogP contribution in [0.25, 0.3) is 0 Å². The van der Waals surface area contributed by atoms with Crippen LogP contribution in [0.4, 0.5) is 32.0 Å².